The van der Waals surface area contributed by atoms with Crippen LogP contribution in [0.4, 0.5) is 11.4 Å². The SMILES string of the molecule is O=C(C1CN(C(=O)CN2C(=O)CSc3ccccc32)c2ccccc2O1)N1CCOCC1. The quantitative estimate of drug-likeness (QED) is 0.705. The predicted molar refractivity (Wildman–Crippen MR) is 120 cm³/mol. The zero-order chi connectivity index (χ0) is 22.1. The highest BCUT2D eigenvalue weighted by Crippen LogP contribution is 2.36. The molecule has 32 heavy (non-hydrogen) atoms. The molecule has 3 heterocycles. The molecule has 0 radical (unpaired) electrons. The van der Waals surface area contributed by atoms with Crippen molar-refractivity contribution in [2.45, 2.75) is 11.0 Å². The Kier molecular flexibility index (Phi) is 5.75. The molecule has 0 saturated carbocycles. The normalized spacial score (nSPS) is 20.3. The van der Waals surface area contributed by atoms with E-state index in [4.69, 9.17) is 9.47 Å². The van der Waals surface area contributed by atoms with Gasteiger partial charge in [-0.1, -0.05) is 24.3 Å². The Balaban J connectivity index is 1.40. The number of nitrogens with zero attached hydrogens (tertiary/aromatic N) is 3. The number of ether oxygens (including phenoxy) is 2. The largest absolute Gasteiger partial charge is 0.476 e. The van der Waals surface area contributed by atoms with Gasteiger partial charge in [0.25, 0.3) is 5.91 Å². The lowest BCUT2D eigenvalue weighted by atomic mass is 10.1. The number of anilines is 2. The highest BCUT2D eigenvalue weighted by molar-refractivity contribution is 8.00. The fraction of sp³-hybridized carbons (Fsp3) is 0.348. The molecular formula is C23H23N3O5S. The number of hydrogen-bond donors (Lipinski definition) is 0. The molecule has 166 valence electrons. The van der Waals surface area contributed by atoms with E-state index in [1.807, 2.05) is 36.4 Å². The maximum atomic E-state index is 13.5. The van der Waals surface area contributed by atoms with Crippen molar-refractivity contribution in [3.05, 3.63) is 48.5 Å². The number of hydrogen-bond acceptors (Lipinski definition) is 6. The average Bonchev–Trinajstić information content (AvgIpc) is 2.85. The molecule has 1 saturated heterocycles. The number of morpholine rings is 1. The van der Waals surface area contributed by atoms with Gasteiger partial charge < -0.3 is 24.2 Å². The van der Waals surface area contributed by atoms with Gasteiger partial charge in [-0.25, -0.2) is 0 Å². The number of carbonyl (C=O) groups is 3. The number of amides is 3. The summed E-state index contributed by atoms with van der Waals surface area (Å²) in [6.45, 7) is 2.00. The summed E-state index contributed by atoms with van der Waals surface area (Å²) in [7, 11) is 0. The smallest absolute Gasteiger partial charge is 0.265 e. The first-order valence-corrected chi connectivity index (χ1v) is 11.5. The van der Waals surface area contributed by atoms with E-state index in [0.717, 1.165) is 10.6 Å². The average molecular weight is 454 g/mol. The number of fused-ring (bicyclic) bond motifs is 2. The van der Waals surface area contributed by atoms with Crippen LogP contribution in [0.2, 0.25) is 0 Å². The molecule has 0 spiro atoms. The third-order valence-corrected chi connectivity index (χ3v) is 6.82. The fourth-order valence-corrected chi connectivity index (χ4v) is 5.07. The maximum absolute atomic E-state index is 13.5. The summed E-state index contributed by atoms with van der Waals surface area (Å²) >= 11 is 1.48. The van der Waals surface area contributed by atoms with Gasteiger partial charge in [0, 0.05) is 18.0 Å². The Hall–Kier alpha value is -3.04. The summed E-state index contributed by atoms with van der Waals surface area (Å²) in [4.78, 5) is 45.0. The molecule has 3 amide bonds. The molecule has 1 unspecified atom stereocenters. The highest BCUT2D eigenvalue weighted by Gasteiger charge is 2.37. The summed E-state index contributed by atoms with van der Waals surface area (Å²) in [6.07, 6.45) is -0.799. The fourth-order valence-electron chi connectivity index (χ4n) is 4.13. The van der Waals surface area contributed by atoms with Crippen molar-refractivity contribution in [3.63, 3.8) is 0 Å². The highest BCUT2D eigenvalue weighted by atomic mass is 32.2. The first-order chi connectivity index (χ1) is 15.6. The third kappa shape index (κ3) is 3.93. The molecule has 9 heteroatoms. The predicted octanol–water partition coefficient (Wildman–Crippen LogP) is 1.78. The van der Waals surface area contributed by atoms with Gasteiger partial charge in [0.2, 0.25) is 11.8 Å². The van der Waals surface area contributed by atoms with Crippen molar-refractivity contribution in [3.8, 4) is 5.75 Å². The Morgan fingerprint density at radius 3 is 2.53 bits per heavy atom. The zero-order valence-corrected chi connectivity index (χ0v) is 18.3. The molecule has 5 rings (SSSR count). The molecule has 2 aromatic rings. The lowest BCUT2D eigenvalue weighted by Crippen LogP contribution is -2.55. The van der Waals surface area contributed by atoms with E-state index < -0.39 is 6.10 Å². The molecule has 0 bridgehead atoms. The summed E-state index contributed by atoms with van der Waals surface area (Å²) in [5, 5.41) is 0. The molecule has 1 atom stereocenters. The van der Waals surface area contributed by atoms with Crippen molar-refractivity contribution >= 4 is 40.9 Å². The Bertz CT molecular complexity index is 1060. The summed E-state index contributed by atoms with van der Waals surface area (Å²) < 4.78 is 11.3. The van der Waals surface area contributed by atoms with Gasteiger partial charge in [0.1, 0.15) is 12.3 Å². The van der Waals surface area contributed by atoms with E-state index in [0.29, 0.717) is 43.5 Å². The molecule has 3 aliphatic rings. The van der Waals surface area contributed by atoms with Crippen molar-refractivity contribution in [1.82, 2.24) is 4.90 Å². The van der Waals surface area contributed by atoms with Crippen LogP contribution in [0, 0.1) is 0 Å². The van der Waals surface area contributed by atoms with Crippen molar-refractivity contribution in [2.24, 2.45) is 0 Å². The molecule has 2 aromatic carbocycles. The van der Waals surface area contributed by atoms with Crippen molar-refractivity contribution in [1.29, 1.82) is 0 Å². The van der Waals surface area contributed by atoms with Crippen LogP contribution >= 0.6 is 11.8 Å². The van der Waals surface area contributed by atoms with E-state index >= 15 is 0 Å². The minimum Gasteiger partial charge on any atom is -0.476 e. The lowest BCUT2D eigenvalue weighted by molar-refractivity contribution is -0.142. The van der Waals surface area contributed by atoms with Gasteiger partial charge in [-0.15, -0.1) is 11.8 Å². The molecule has 8 nitrogen and oxygen atoms in total. The molecule has 0 aliphatic carbocycles. The van der Waals surface area contributed by atoms with Gasteiger partial charge in [0.05, 0.1) is 36.9 Å². The number of para-hydroxylation sites is 3. The van der Waals surface area contributed by atoms with Crippen LogP contribution in [-0.4, -0.2) is 73.9 Å². The molecular weight excluding hydrogens is 430 g/mol. The first kappa shape index (κ1) is 20.8. The van der Waals surface area contributed by atoms with Gasteiger partial charge in [-0.3, -0.25) is 14.4 Å². The van der Waals surface area contributed by atoms with Crippen LogP contribution in [-0.2, 0) is 19.1 Å². The maximum Gasteiger partial charge on any atom is 0.265 e. The minimum atomic E-state index is -0.799. The van der Waals surface area contributed by atoms with E-state index in [1.54, 1.807) is 21.9 Å². The van der Waals surface area contributed by atoms with Crippen LogP contribution in [0.5, 0.6) is 5.75 Å². The molecule has 1 fully saturated rings. The monoisotopic (exact) mass is 453 g/mol. The van der Waals surface area contributed by atoms with Gasteiger partial charge in [-0.2, -0.15) is 0 Å². The second kappa shape index (κ2) is 8.84. The lowest BCUT2D eigenvalue weighted by Gasteiger charge is -2.38. The van der Waals surface area contributed by atoms with Gasteiger partial charge in [0.15, 0.2) is 6.10 Å². The van der Waals surface area contributed by atoms with E-state index in [2.05, 4.69) is 0 Å². The van der Waals surface area contributed by atoms with Gasteiger partial charge >= 0.3 is 0 Å². The van der Waals surface area contributed by atoms with E-state index in [9.17, 15) is 14.4 Å². The number of thioether (sulfide) groups is 1. The summed E-state index contributed by atoms with van der Waals surface area (Å²) in [5.74, 6) is 0.262. The van der Waals surface area contributed by atoms with Crippen LogP contribution in [0.25, 0.3) is 0 Å². The van der Waals surface area contributed by atoms with Gasteiger partial charge in [-0.05, 0) is 24.3 Å². The standard InChI is InChI=1S/C23H23N3O5S/c27-21(14-26-17-6-2-4-8-20(17)32-15-22(26)28)25-13-19(23(29)24-9-11-30-12-10-24)31-18-7-3-1-5-16(18)25/h1-8,19H,9-15H2. The number of carbonyl (C=O) groups excluding carboxylic acids is 3. The Morgan fingerprint density at radius 1 is 1.00 bits per heavy atom. The zero-order valence-electron chi connectivity index (χ0n) is 17.4. The van der Waals surface area contributed by atoms with E-state index in [1.165, 1.54) is 16.7 Å². The molecule has 3 aliphatic heterocycles. The van der Waals surface area contributed by atoms with Crippen LogP contribution < -0.4 is 14.5 Å². The third-order valence-electron chi connectivity index (χ3n) is 5.77. The second-order valence-electron chi connectivity index (χ2n) is 7.75. The summed E-state index contributed by atoms with van der Waals surface area (Å²) in [5.41, 5.74) is 1.35. The topological polar surface area (TPSA) is 79.4 Å². The molecule has 0 N–H and O–H groups in total. The molecule has 0 aromatic heterocycles. The second-order valence-corrected chi connectivity index (χ2v) is 8.77. The van der Waals surface area contributed by atoms with Crippen molar-refractivity contribution < 1.29 is 23.9 Å². The van der Waals surface area contributed by atoms with Crippen molar-refractivity contribution in [2.75, 3.05) is 54.9 Å². The number of rotatable bonds is 3. The first-order valence-electron chi connectivity index (χ1n) is 10.6. The summed E-state index contributed by atoms with van der Waals surface area (Å²) in [6, 6.07) is 14.8. The number of benzene rings is 2. The van der Waals surface area contributed by atoms with Crippen LogP contribution in [0.3, 0.4) is 0 Å². The van der Waals surface area contributed by atoms with Crippen LogP contribution in [0.1, 0.15) is 0 Å². The Morgan fingerprint density at radius 2 is 1.72 bits per heavy atom. The minimum absolute atomic E-state index is 0.0940. The Labute approximate surface area is 190 Å². The van der Waals surface area contributed by atoms with E-state index in [-0.39, 0.29) is 30.8 Å². The van der Waals surface area contributed by atoms with Crippen LogP contribution in [0.15, 0.2) is 53.4 Å².